The Morgan fingerprint density at radius 1 is 1.04 bits per heavy atom. The fourth-order valence-corrected chi connectivity index (χ4v) is 4.13. The molecule has 4 rings (SSSR count). The van der Waals surface area contributed by atoms with Crippen molar-refractivity contribution in [1.29, 1.82) is 0 Å². The first kappa shape index (κ1) is 17.1. The van der Waals surface area contributed by atoms with E-state index in [1.807, 2.05) is 28.0 Å². The highest BCUT2D eigenvalue weighted by Gasteiger charge is 2.30. The van der Waals surface area contributed by atoms with Gasteiger partial charge in [-0.3, -0.25) is 9.59 Å². The molecule has 0 saturated carbocycles. The predicted octanol–water partition coefficient (Wildman–Crippen LogP) is 2.50. The molecular formula is C21H26N2O3. The van der Waals surface area contributed by atoms with Gasteiger partial charge in [0.1, 0.15) is 5.75 Å². The Kier molecular flexibility index (Phi) is 4.96. The van der Waals surface area contributed by atoms with E-state index in [0.717, 1.165) is 63.1 Å². The van der Waals surface area contributed by atoms with Crippen molar-refractivity contribution in [1.82, 2.24) is 9.80 Å². The van der Waals surface area contributed by atoms with E-state index >= 15 is 0 Å². The molecule has 138 valence electrons. The van der Waals surface area contributed by atoms with Crippen LogP contribution in [0.3, 0.4) is 0 Å². The molecule has 5 nitrogen and oxygen atoms in total. The molecule has 0 aromatic heterocycles. The number of carbonyl (C=O) groups excluding carboxylic acids is 2. The lowest BCUT2D eigenvalue weighted by atomic mass is 9.95. The number of carbonyl (C=O) groups is 2. The maximum Gasteiger partial charge on any atom is 0.246 e. The van der Waals surface area contributed by atoms with E-state index < -0.39 is 0 Å². The Morgan fingerprint density at radius 2 is 1.81 bits per heavy atom. The minimum atomic E-state index is 0.0359. The summed E-state index contributed by atoms with van der Waals surface area (Å²) in [6.45, 7) is 3.91. The summed E-state index contributed by atoms with van der Waals surface area (Å²) in [5.41, 5.74) is 2.24. The smallest absolute Gasteiger partial charge is 0.246 e. The van der Waals surface area contributed by atoms with Gasteiger partial charge in [0.25, 0.3) is 0 Å². The van der Waals surface area contributed by atoms with Crippen molar-refractivity contribution >= 4 is 17.9 Å². The zero-order valence-electron chi connectivity index (χ0n) is 15.2. The van der Waals surface area contributed by atoms with E-state index in [2.05, 4.69) is 6.07 Å². The summed E-state index contributed by atoms with van der Waals surface area (Å²) in [4.78, 5) is 28.8. The van der Waals surface area contributed by atoms with E-state index in [1.165, 1.54) is 5.56 Å². The zero-order valence-corrected chi connectivity index (χ0v) is 15.2. The predicted molar refractivity (Wildman–Crippen MR) is 99.8 cm³/mol. The molecular weight excluding hydrogens is 328 g/mol. The van der Waals surface area contributed by atoms with Gasteiger partial charge in [-0.2, -0.15) is 0 Å². The van der Waals surface area contributed by atoms with Crippen molar-refractivity contribution in [2.45, 2.75) is 32.1 Å². The molecule has 1 aromatic rings. The summed E-state index contributed by atoms with van der Waals surface area (Å²) in [5, 5.41) is 0. The number of nitrogens with zero attached hydrogens (tertiary/aromatic N) is 2. The second-order valence-electron chi connectivity index (χ2n) is 7.43. The Balaban J connectivity index is 1.30. The second-order valence-corrected chi connectivity index (χ2v) is 7.43. The van der Waals surface area contributed by atoms with Crippen LogP contribution >= 0.6 is 0 Å². The van der Waals surface area contributed by atoms with Gasteiger partial charge in [-0.15, -0.1) is 0 Å². The molecule has 3 heterocycles. The fourth-order valence-electron chi connectivity index (χ4n) is 4.13. The SMILES string of the molecule is O=C(/C=C/c1ccc2c(c1)CCO2)N1CCC(C(=O)N2CCCC2)CC1. The molecule has 0 radical (unpaired) electrons. The summed E-state index contributed by atoms with van der Waals surface area (Å²) in [6.07, 6.45) is 8.29. The number of fused-ring (bicyclic) bond motifs is 1. The lowest BCUT2D eigenvalue weighted by Gasteiger charge is -2.32. The molecule has 2 amide bonds. The molecule has 5 heteroatoms. The van der Waals surface area contributed by atoms with Crippen molar-refractivity contribution in [2.75, 3.05) is 32.8 Å². The van der Waals surface area contributed by atoms with Gasteiger partial charge in [-0.1, -0.05) is 6.07 Å². The van der Waals surface area contributed by atoms with Gasteiger partial charge < -0.3 is 14.5 Å². The van der Waals surface area contributed by atoms with E-state index in [9.17, 15) is 9.59 Å². The Labute approximate surface area is 154 Å². The Bertz CT molecular complexity index is 714. The summed E-state index contributed by atoms with van der Waals surface area (Å²) in [5.74, 6) is 1.38. The Morgan fingerprint density at radius 3 is 2.58 bits per heavy atom. The summed E-state index contributed by atoms with van der Waals surface area (Å²) in [6, 6.07) is 6.05. The number of amides is 2. The van der Waals surface area contributed by atoms with Crippen molar-refractivity contribution < 1.29 is 14.3 Å². The van der Waals surface area contributed by atoms with Gasteiger partial charge in [0, 0.05) is 44.6 Å². The zero-order chi connectivity index (χ0) is 17.9. The number of hydrogen-bond acceptors (Lipinski definition) is 3. The van der Waals surface area contributed by atoms with Crippen molar-refractivity contribution in [3.05, 3.63) is 35.4 Å². The molecule has 0 atom stereocenters. The Hall–Kier alpha value is -2.30. The average Bonchev–Trinajstić information content (AvgIpc) is 3.37. The minimum Gasteiger partial charge on any atom is -0.493 e. The van der Waals surface area contributed by atoms with E-state index in [0.29, 0.717) is 19.0 Å². The van der Waals surface area contributed by atoms with Crippen LogP contribution in [-0.2, 0) is 16.0 Å². The van der Waals surface area contributed by atoms with E-state index in [4.69, 9.17) is 4.74 Å². The molecule has 0 bridgehead atoms. The molecule has 0 aliphatic carbocycles. The van der Waals surface area contributed by atoms with Gasteiger partial charge in [0.05, 0.1) is 6.61 Å². The summed E-state index contributed by atoms with van der Waals surface area (Å²) < 4.78 is 5.51. The first-order valence-electron chi connectivity index (χ1n) is 9.72. The number of likely N-dealkylation sites (tertiary alicyclic amines) is 2. The molecule has 0 unspecified atom stereocenters. The molecule has 0 N–H and O–H groups in total. The highest BCUT2D eigenvalue weighted by Crippen LogP contribution is 2.26. The third-order valence-corrected chi connectivity index (χ3v) is 5.71. The quantitative estimate of drug-likeness (QED) is 0.784. The maximum absolute atomic E-state index is 12.5. The van der Waals surface area contributed by atoms with Crippen LogP contribution in [0, 0.1) is 5.92 Å². The van der Waals surface area contributed by atoms with Crippen LogP contribution in [0.1, 0.15) is 36.8 Å². The lowest BCUT2D eigenvalue weighted by Crippen LogP contribution is -2.43. The van der Waals surface area contributed by atoms with Gasteiger partial charge >= 0.3 is 0 Å². The molecule has 1 aromatic carbocycles. The highest BCUT2D eigenvalue weighted by molar-refractivity contribution is 5.92. The standard InChI is InChI=1S/C21H26N2O3/c24-20(6-4-16-3-5-19-18(15-16)9-14-26-19)22-12-7-17(8-13-22)21(25)23-10-1-2-11-23/h3-6,15,17H,1-2,7-14H2/b6-4+. The third-order valence-electron chi connectivity index (χ3n) is 5.71. The van der Waals surface area contributed by atoms with Gasteiger partial charge in [0.2, 0.25) is 11.8 Å². The number of ether oxygens (including phenoxy) is 1. The molecule has 3 aliphatic rings. The second kappa shape index (κ2) is 7.52. The van der Waals surface area contributed by atoms with Crippen LogP contribution in [0.4, 0.5) is 0 Å². The number of hydrogen-bond donors (Lipinski definition) is 0. The van der Waals surface area contributed by atoms with Crippen molar-refractivity contribution in [3.8, 4) is 5.75 Å². The molecule has 2 fully saturated rings. The van der Waals surface area contributed by atoms with Crippen LogP contribution < -0.4 is 4.74 Å². The number of benzene rings is 1. The minimum absolute atomic E-state index is 0.0359. The summed E-state index contributed by atoms with van der Waals surface area (Å²) >= 11 is 0. The fraction of sp³-hybridized carbons (Fsp3) is 0.524. The van der Waals surface area contributed by atoms with Gasteiger partial charge in [0.15, 0.2) is 0 Å². The highest BCUT2D eigenvalue weighted by atomic mass is 16.5. The molecule has 3 aliphatic heterocycles. The maximum atomic E-state index is 12.5. The van der Waals surface area contributed by atoms with Crippen LogP contribution in [-0.4, -0.2) is 54.4 Å². The number of rotatable bonds is 3. The van der Waals surface area contributed by atoms with Gasteiger partial charge in [-0.25, -0.2) is 0 Å². The topological polar surface area (TPSA) is 49.9 Å². The first-order valence-corrected chi connectivity index (χ1v) is 9.72. The van der Waals surface area contributed by atoms with Crippen LogP contribution in [0.2, 0.25) is 0 Å². The van der Waals surface area contributed by atoms with Crippen molar-refractivity contribution in [3.63, 3.8) is 0 Å². The van der Waals surface area contributed by atoms with Crippen molar-refractivity contribution in [2.24, 2.45) is 5.92 Å². The third kappa shape index (κ3) is 3.62. The molecule has 2 saturated heterocycles. The normalized spacial score (nSPS) is 20.5. The summed E-state index contributed by atoms with van der Waals surface area (Å²) in [7, 11) is 0. The van der Waals surface area contributed by atoms with Crippen LogP contribution in [0.15, 0.2) is 24.3 Å². The lowest BCUT2D eigenvalue weighted by molar-refractivity contribution is -0.138. The number of piperidine rings is 1. The first-order chi connectivity index (χ1) is 12.7. The van der Waals surface area contributed by atoms with E-state index in [-0.39, 0.29) is 11.8 Å². The molecule has 0 spiro atoms. The van der Waals surface area contributed by atoms with Crippen LogP contribution in [0.25, 0.3) is 6.08 Å². The van der Waals surface area contributed by atoms with E-state index in [1.54, 1.807) is 6.08 Å². The largest absolute Gasteiger partial charge is 0.493 e. The molecule has 26 heavy (non-hydrogen) atoms. The average molecular weight is 354 g/mol. The van der Waals surface area contributed by atoms with Crippen LogP contribution in [0.5, 0.6) is 5.75 Å². The van der Waals surface area contributed by atoms with Gasteiger partial charge in [-0.05, 0) is 55.0 Å². The monoisotopic (exact) mass is 354 g/mol.